The summed E-state index contributed by atoms with van der Waals surface area (Å²) in [6.45, 7) is 2.05. The topological polar surface area (TPSA) is 52.6 Å². The van der Waals surface area contributed by atoms with Crippen molar-refractivity contribution in [2.24, 2.45) is 17.8 Å². The van der Waals surface area contributed by atoms with Gasteiger partial charge in [-0.25, -0.2) is 0 Å². The molecule has 0 saturated carbocycles. The van der Waals surface area contributed by atoms with E-state index >= 15 is 0 Å². The zero-order valence-electron chi connectivity index (χ0n) is 7.23. The molecule has 4 heteroatoms. The highest BCUT2D eigenvalue weighted by atomic mass is 16.6. The maximum absolute atomic E-state index is 11.3. The van der Waals surface area contributed by atoms with Crippen molar-refractivity contribution >= 4 is 11.9 Å². The van der Waals surface area contributed by atoms with Gasteiger partial charge in [0.15, 0.2) is 0 Å². The van der Waals surface area contributed by atoms with Crippen LogP contribution in [-0.2, 0) is 19.1 Å². The summed E-state index contributed by atoms with van der Waals surface area (Å²) in [5.74, 6) is -0.983. The van der Waals surface area contributed by atoms with Crippen LogP contribution in [0.4, 0.5) is 0 Å². The fourth-order valence-electron chi connectivity index (χ4n) is 2.81. The van der Waals surface area contributed by atoms with Gasteiger partial charge in [-0.3, -0.25) is 9.59 Å². The van der Waals surface area contributed by atoms with Crippen molar-refractivity contribution in [1.29, 1.82) is 0 Å². The quantitative estimate of drug-likeness (QED) is 0.394. The number of hydrogen-bond acceptors (Lipinski definition) is 4. The van der Waals surface area contributed by atoms with Crippen LogP contribution in [0.5, 0.6) is 0 Å². The van der Waals surface area contributed by atoms with Crippen molar-refractivity contribution in [2.45, 2.75) is 25.6 Å². The van der Waals surface area contributed by atoms with Gasteiger partial charge in [0.2, 0.25) is 0 Å². The molecule has 5 atom stereocenters. The Bertz CT molecular complexity index is 298. The van der Waals surface area contributed by atoms with E-state index in [2.05, 4.69) is 11.7 Å². The predicted octanol–water partition coefficient (Wildman–Crippen LogP) is 0.109. The SMILES string of the molecule is C[C@@H]1CC2OC1[C@H]1C(=O)OC(=O)[C@@H]21. The number of cyclic esters (lactones) is 2. The van der Waals surface area contributed by atoms with Gasteiger partial charge in [0.05, 0.1) is 24.0 Å². The van der Waals surface area contributed by atoms with Crippen LogP contribution < -0.4 is 0 Å². The summed E-state index contributed by atoms with van der Waals surface area (Å²) in [7, 11) is 0. The lowest BCUT2D eigenvalue weighted by molar-refractivity contribution is -0.156. The number of carbonyl (C=O) groups is 2. The Morgan fingerprint density at radius 3 is 2.69 bits per heavy atom. The van der Waals surface area contributed by atoms with Gasteiger partial charge >= 0.3 is 11.9 Å². The Morgan fingerprint density at radius 1 is 1.23 bits per heavy atom. The minimum Gasteiger partial charge on any atom is -0.393 e. The first-order chi connectivity index (χ1) is 6.18. The third kappa shape index (κ3) is 0.746. The molecule has 3 heterocycles. The molecule has 70 valence electrons. The molecule has 3 saturated heterocycles. The molecule has 0 aromatic rings. The zero-order valence-corrected chi connectivity index (χ0v) is 7.23. The van der Waals surface area contributed by atoms with Crippen molar-refractivity contribution in [1.82, 2.24) is 0 Å². The summed E-state index contributed by atoms with van der Waals surface area (Å²) in [5, 5.41) is 0. The Morgan fingerprint density at radius 2 is 1.92 bits per heavy atom. The van der Waals surface area contributed by atoms with Gasteiger partial charge in [-0.05, 0) is 12.3 Å². The minimum absolute atomic E-state index is 0.0658. The molecule has 3 aliphatic rings. The first-order valence-corrected chi connectivity index (χ1v) is 4.59. The van der Waals surface area contributed by atoms with Crippen LogP contribution in [0, 0.1) is 17.8 Å². The van der Waals surface area contributed by atoms with Gasteiger partial charge in [-0.2, -0.15) is 0 Å². The minimum atomic E-state index is -0.381. The molecule has 4 nitrogen and oxygen atoms in total. The highest BCUT2D eigenvalue weighted by Crippen LogP contribution is 2.50. The Balaban J connectivity index is 2.00. The van der Waals surface area contributed by atoms with E-state index in [1.54, 1.807) is 0 Å². The lowest BCUT2D eigenvalue weighted by Gasteiger charge is -2.19. The maximum atomic E-state index is 11.3. The van der Waals surface area contributed by atoms with Crippen molar-refractivity contribution in [3.8, 4) is 0 Å². The summed E-state index contributed by atoms with van der Waals surface area (Å²) in [4.78, 5) is 22.5. The van der Waals surface area contributed by atoms with E-state index in [0.29, 0.717) is 5.92 Å². The van der Waals surface area contributed by atoms with Crippen molar-refractivity contribution in [3.05, 3.63) is 0 Å². The summed E-state index contributed by atoms with van der Waals surface area (Å²) >= 11 is 0. The summed E-state index contributed by atoms with van der Waals surface area (Å²) < 4.78 is 10.2. The van der Waals surface area contributed by atoms with Crippen molar-refractivity contribution < 1.29 is 19.1 Å². The van der Waals surface area contributed by atoms with Gasteiger partial charge in [0, 0.05) is 0 Å². The van der Waals surface area contributed by atoms with E-state index in [-0.39, 0.29) is 36.0 Å². The van der Waals surface area contributed by atoms with Gasteiger partial charge in [0.25, 0.3) is 0 Å². The Labute approximate surface area is 75.2 Å². The Kier molecular flexibility index (Phi) is 1.22. The van der Waals surface area contributed by atoms with E-state index in [4.69, 9.17) is 4.74 Å². The van der Waals surface area contributed by atoms with Crippen LogP contribution >= 0.6 is 0 Å². The summed E-state index contributed by atoms with van der Waals surface area (Å²) in [6, 6.07) is 0. The first kappa shape index (κ1) is 7.50. The van der Waals surface area contributed by atoms with E-state index < -0.39 is 0 Å². The van der Waals surface area contributed by atoms with Crippen molar-refractivity contribution in [3.63, 3.8) is 0 Å². The monoisotopic (exact) mass is 182 g/mol. The van der Waals surface area contributed by atoms with E-state index in [1.165, 1.54) is 0 Å². The average Bonchev–Trinajstić information content (AvgIpc) is 2.64. The number of ether oxygens (including phenoxy) is 2. The lowest BCUT2D eigenvalue weighted by atomic mass is 9.76. The van der Waals surface area contributed by atoms with Crippen LogP contribution in [0.3, 0.4) is 0 Å². The lowest BCUT2D eigenvalue weighted by Crippen LogP contribution is -2.33. The molecule has 0 aromatic heterocycles. The predicted molar refractivity (Wildman–Crippen MR) is 40.5 cm³/mol. The molecule has 13 heavy (non-hydrogen) atoms. The number of carbonyl (C=O) groups excluding carboxylic acids is 2. The third-order valence-corrected chi connectivity index (χ3v) is 3.38. The smallest absolute Gasteiger partial charge is 0.320 e. The second-order valence-electron chi connectivity index (χ2n) is 4.14. The maximum Gasteiger partial charge on any atom is 0.320 e. The van der Waals surface area contributed by atoms with Crippen LogP contribution in [0.25, 0.3) is 0 Å². The fraction of sp³-hybridized carbons (Fsp3) is 0.778. The van der Waals surface area contributed by atoms with Gasteiger partial charge in [-0.15, -0.1) is 0 Å². The van der Waals surface area contributed by atoms with Crippen LogP contribution in [0.15, 0.2) is 0 Å². The standard InChI is InChI=1S/C9H10O4/c1-3-2-4-5-6(7(3)12-4)9(11)13-8(5)10/h3-7H,2H2,1H3/t3-,4?,5+,6+,7?/m1/s1. The summed E-state index contributed by atoms with van der Waals surface area (Å²) in [5.41, 5.74) is 0. The van der Waals surface area contributed by atoms with Crippen molar-refractivity contribution in [2.75, 3.05) is 0 Å². The second-order valence-corrected chi connectivity index (χ2v) is 4.14. The molecule has 3 fully saturated rings. The average molecular weight is 182 g/mol. The highest BCUT2D eigenvalue weighted by Gasteiger charge is 2.63. The summed E-state index contributed by atoms with van der Waals surface area (Å²) in [6.07, 6.45) is 0.742. The molecular formula is C9H10O4. The molecule has 0 aromatic carbocycles. The van der Waals surface area contributed by atoms with E-state index in [0.717, 1.165) is 6.42 Å². The van der Waals surface area contributed by atoms with Gasteiger partial charge < -0.3 is 9.47 Å². The molecule has 0 radical (unpaired) electrons. The number of esters is 2. The number of fused-ring (bicyclic) bond motifs is 5. The number of hydrogen-bond donors (Lipinski definition) is 0. The Hall–Kier alpha value is -0.900. The van der Waals surface area contributed by atoms with Gasteiger partial charge in [0.1, 0.15) is 0 Å². The molecule has 2 unspecified atom stereocenters. The van der Waals surface area contributed by atoms with Crippen LogP contribution in [-0.4, -0.2) is 24.1 Å². The molecule has 3 rings (SSSR count). The molecule has 0 aliphatic carbocycles. The van der Waals surface area contributed by atoms with Crippen LogP contribution in [0.2, 0.25) is 0 Å². The highest BCUT2D eigenvalue weighted by molar-refractivity contribution is 5.97. The molecular weight excluding hydrogens is 172 g/mol. The van der Waals surface area contributed by atoms with E-state index in [9.17, 15) is 9.59 Å². The molecule has 2 bridgehead atoms. The molecule has 0 N–H and O–H groups in total. The third-order valence-electron chi connectivity index (χ3n) is 3.38. The number of rotatable bonds is 0. The molecule has 0 spiro atoms. The zero-order chi connectivity index (χ0) is 9.16. The first-order valence-electron chi connectivity index (χ1n) is 4.59. The molecule has 0 amide bonds. The van der Waals surface area contributed by atoms with E-state index in [1.807, 2.05) is 0 Å². The largest absolute Gasteiger partial charge is 0.393 e. The van der Waals surface area contributed by atoms with Crippen LogP contribution in [0.1, 0.15) is 13.3 Å². The van der Waals surface area contributed by atoms with Gasteiger partial charge in [-0.1, -0.05) is 6.92 Å². The second kappa shape index (κ2) is 2.12. The fourth-order valence-corrected chi connectivity index (χ4v) is 2.81. The molecule has 3 aliphatic heterocycles. The normalized spacial score (nSPS) is 52.5.